The number of hydrogen-bond donors (Lipinski definition) is 2. The number of imide groups is 1. The molecule has 2 fully saturated rings. The van der Waals surface area contributed by atoms with Crippen LogP contribution in [0.25, 0.3) is 0 Å². The van der Waals surface area contributed by atoms with Crippen molar-refractivity contribution in [1.29, 1.82) is 5.26 Å². The molecule has 1 spiro atoms. The van der Waals surface area contributed by atoms with E-state index in [0.29, 0.717) is 30.1 Å². The fraction of sp³-hybridized carbons (Fsp3) is 0.474. The van der Waals surface area contributed by atoms with Crippen LogP contribution in [0.5, 0.6) is 11.5 Å². The van der Waals surface area contributed by atoms with Crippen LogP contribution >= 0.6 is 0 Å². The van der Waals surface area contributed by atoms with Crippen molar-refractivity contribution in [2.45, 2.75) is 38.1 Å². The Morgan fingerprint density at radius 3 is 2.71 bits per heavy atom. The van der Waals surface area contributed by atoms with E-state index >= 15 is 0 Å². The van der Waals surface area contributed by atoms with E-state index < -0.39 is 30.0 Å². The quantitative estimate of drug-likeness (QED) is 0.740. The van der Waals surface area contributed by atoms with Gasteiger partial charge in [0.25, 0.3) is 11.8 Å². The third-order valence-corrected chi connectivity index (χ3v) is 5.18. The summed E-state index contributed by atoms with van der Waals surface area (Å²) in [6.07, 6.45) is 2.80. The summed E-state index contributed by atoms with van der Waals surface area (Å²) in [7, 11) is 1.42. The highest BCUT2D eigenvalue weighted by Gasteiger charge is 2.52. The molecule has 1 saturated carbocycles. The third kappa shape index (κ3) is 3.71. The van der Waals surface area contributed by atoms with Crippen LogP contribution in [-0.2, 0) is 9.59 Å². The van der Waals surface area contributed by atoms with E-state index in [1.165, 1.54) is 25.3 Å². The molecule has 1 heterocycles. The van der Waals surface area contributed by atoms with E-state index in [9.17, 15) is 14.4 Å². The first-order valence-electron chi connectivity index (χ1n) is 9.05. The molecule has 9 heteroatoms. The Hall–Kier alpha value is -3.28. The number of nitrogens with zero attached hydrogens (tertiary/aromatic N) is 2. The molecule has 1 aliphatic carbocycles. The number of benzene rings is 1. The molecular weight excluding hydrogens is 364 g/mol. The fourth-order valence-corrected chi connectivity index (χ4v) is 3.47. The van der Waals surface area contributed by atoms with Crippen LogP contribution in [0.4, 0.5) is 4.79 Å². The maximum atomic E-state index is 12.7. The van der Waals surface area contributed by atoms with Gasteiger partial charge in [0.2, 0.25) is 0 Å². The normalized spacial score (nSPS) is 23.9. The zero-order valence-electron chi connectivity index (χ0n) is 15.8. The van der Waals surface area contributed by atoms with Gasteiger partial charge < -0.3 is 14.8 Å². The zero-order valence-corrected chi connectivity index (χ0v) is 15.8. The first kappa shape index (κ1) is 19.5. The Balaban J connectivity index is 1.60. The second kappa shape index (κ2) is 7.76. The maximum Gasteiger partial charge on any atom is 0.344 e. The molecule has 1 saturated heterocycles. The highest BCUT2D eigenvalue weighted by Crippen LogP contribution is 2.35. The second-order valence-electron chi connectivity index (χ2n) is 7.14. The molecule has 148 valence electrons. The van der Waals surface area contributed by atoms with Crippen molar-refractivity contribution in [1.82, 2.24) is 15.8 Å². The minimum atomic E-state index is -0.923. The monoisotopic (exact) mass is 386 g/mol. The molecule has 2 aliphatic rings. The molecule has 0 bridgehead atoms. The largest absolute Gasteiger partial charge is 0.493 e. The molecule has 1 aromatic rings. The molecule has 0 atom stereocenters. The lowest BCUT2D eigenvalue weighted by molar-refractivity contribution is -0.140. The van der Waals surface area contributed by atoms with Crippen molar-refractivity contribution < 1.29 is 23.9 Å². The summed E-state index contributed by atoms with van der Waals surface area (Å²) in [4.78, 5) is 37.1. The highest BCUT2D eigenvalue weighted by molar-refractivity contribution is 6.08. The maximum absolute atomic E-state index is 12.7. The second-order valence-corrected chi connectivity index (χ2v) is 7.14. The summed E-state index contributed by atoms with van der Waals surface area (Å²) in [6.45, 7) is 1.69. The van der Waals surface area contributed by atoms with Crippen LogP contribution in [0.3, 0.4) is 0 Å². The van der Waals surface area contributed by atoms with Crippen molar-refractivity contribution in [3.05, 3.63) is 23.8 Å². The molecule has 0 radical (unpaired) electrons. The number of nitrogens with one attached hydrogen (secondary N) is 2. The lowest BCUT2D eigenvalue weighted by Gasteiger charge is -2.33. The van der Waals surface area contributed by atoms with Crippen LogP contribution in [0.1, 0.15) is 38.2 Å². The van der Waals surface area contributed by atoms with Gasteiger partial charge in [-0.05, 0) is 43.7 Å². The van der Waals surface area contributed by atoms with Crippen LogP contribution < -0.4 is 20.2 Å². The van der Waals surface area contributed by atoms with E-state index in [4.69, 9.17) is 14.7 Å². The number of hydrogen-bond acceptors (Lipinski definition) is 6. The van der Waals surface area contributed by atoms with Gasteiger partial charge in [-0.25, -0.2) is 4.79 Å². The predicted octanol–water partition coefficient (Wildman–Crippen LogP) is 1.48. The minimum absolute atomic E-state index is 0.270. The van der Waals surface area contributed by atoms with Gasteiger partial charge in [-0.15, -0.1) is 0 Å². The van der Waals surface area contributed by atoms with Crippen molar-refractivity contribution >= 4 is 17.8 Å². The van der Waals surface area contributed by atoms with E-state index in [0.717, 1.165) is 17.9 Å². The van der Waals surface area contributed by atoms with Gasteiger partial charge in [-0.2, -0.15) is 10.3 Å². The van der Waals surface area contributed by atoms with Crippen molar-refractivity contribution in [3.63, 3.8) is 0 Å². The van der Waals surface area contributed by atoms with Gasteiger partial charge in [0.05, 0.1) is 18.7 Å². The van der Waals surface area contributed by atoms with Crippen molar-refractivity contribution in [2.24, 2.45) is 5.92 Å². The number of hydrazine groups is 1. The van der Waals surface area contributed by atoms with E-state index in [2.05, 4.69) is 17.7 Å². The molecule has 1 aliphatic heterocycles. The standard InChI is InChI=1S/C19H22N4O5/c1-12-5-7-19(8-6-12)17(25)23(18(26)21-19)22-16(24)11-28-14-4-3-13(10-20)9-15(14)27-2/h3-4,9,12H,5-8,11H2,1-2H3,(H,21,26)(H,22,24). The molecule has 1 aromatic carbocycles. The molecule has 3 rings (SSSR count). The van der Waals surface area contributed by atoms with E-state index in [-0.39, 0.29) is 5.75 Å². The number of nitriles is 1. The Morgan fingerprint density at radius 2 is 2.07 bits per heavy atom. The Morgan fingerprint density at radius 1 is 1.36 bits per heavy atom. The topological polar surface area (TPSA) is 121 Å². The summed E-state index contributed by atoms with van der Waals surface area (Å²) in [5.74, 6) is -0.0108. The summed E-state index contributed by atoms with van der Waals surface area (Å²) >= 11 is 0. The number of rotatable bonds is 5. The zero-order chi connectivity index (χ0) is 20.3. The first-order valence-corrected chi connectivity index (χ1v) is 9.05. The Bertz CT molecular complexity index is 839. The molecular formula is C19H22N4O5. The number of urea groups is 1. The number of amides is 4. The van der Waals surface area contributed by atoms with Gasteiger partial charge in [0.15, 0.2) is 18.1 Å². The number of carbonyl (C=O) groups excluding carboxylic acids is 3. The lowest BCUT2D eigenvalue weighted by Crippen LogP contribution is -2.52. The Labute approximate surface area is 162 Å². The van der Waals surface area contributed by atoms with Crippen LogP contribution in [0, 0.1) is 17.2 Å². The minimum Gasteiger partial charge on any atom is -0.493 e. The predicted molar refractivity (Wildman–Crippen MR) is 97.1 cm³/mol. The third-order valence-electron chi connectivity index (χ3n) is 5.18. The number of methoxy groups -OCH3 is 1. The van der Waals surface area contributed by atoms with Crippen LogP contribution in [-0.4, -0.2) is 42.1 Å². The molecule has 28 heavy (non-hydrogen) atoms. The molecule has 0 unspecified atom stereocenters. The Kier molecular flexibility index (Phi) is 5.40. The van der Waals surface area contributed by atoms with E-state index in [1.807, 2.05) is 6.07 Å². The van der Waals surface area contributed by atoms with Gasteiger partial charge in [0.1, 0.15) is 5.54 Å². The highest BCUT2D eigenvalue weighted by atomic mass is 16.5. The number of ether oxygens (including phenoxy) is 2. The summed E-state index contributed by atoms with van der Waals surface area (Å²) in [6, 6.07) is 5.87. The molecule has 0 aromatic heterocycles. The first-order chi connectivity index (χ1) is 13.4. The van der Waals surface area contributed by atoms with Crippen molar-refractivity contribution in [3.8, 4) is 17.6 Å². The molecule has 2 N–H and O–H groups in total. The summed E-state index contributed by atoms with van der Waals surface area (Å²) < 4.78 is 10.5. The van der Waals surface area contributed by atoms with E-state index in [1.54, 1.807) is 0 Å². The summed E-state index contributed by atoms with van der Waals surface area (Å²) in [5, 5.41) is 12.4. The average Bonchev–Trinajstić information content (AvgIpc) is 2.92. The smallest absolute Gasteiger partial charge is 0.344 e. The van der Waals surface area contributed by atoms with Crippen LogP contribution in [0.15, 0.2) is 18.2 Å². The van der Waals surface area contributed by atoms with Gasteiger partial charge in [-0.1, -0.05) is 6.92 Å². The SMILES string of the molecule is COc1cc(C#N)ccc1OCC(=O)NN1C(=O)NC2(CCC(C)CC2)C1=O. The molecule has 9 nitrogen and oxygen atoms in total. The lowest BCUT2D eigenvalue weighted by atomic mass is 9.77. The average molecular weight is 386 g/mol. The van der Waals surface area contributed by atoms with Crippen LogP contribution in [0.2, 0.25) is 0 Å². The van der Waals surface area contributed by atoms with Gasteiger partial charge >= 0.3 is 6.03 Å². The van der Waals surface area contributed by atoms with Gasteiger partial charge in [-0.3, -0.25) is 15.0 Å². The fourth-order valence-electron chi connectivity index (χ4n) is 3.47. The molecule has 4 amide bonds. The van der Waals surface area contributed by atoms with Crippen molar-refractivity contribution in [2.75, 3.05) is 13.7 Å². The number of carbonyl (C=O) groups is 3. The van der Waals surface area contributed by atoms with Gasteiger partial charge in [0, 0.05) is 6.07 Å². The summed E-state index contributed by atoms with van der Waals surface area (Å²) in [5.41, 5.74) is 1.77.